The lowest BCUT2D eigenvalue weighted by Crippen LogP contribution is -2.38. The highest BCUT2D eigenvalue weighted by Crippen LogP contribution is 2.28. The number of aliphatic carboxylic acids is 1. The Morgan fingerprint density at radius 2 is 2.24 bits per heavy atom. The predicted molar refractivity (Wildman–Crippen MR) is 59.4 cm³/mol. The maximum Gasteiger partial charge on any atom is 0.340 e. The second-order valence-corrected chi connectivity index (χ2v) is 3.84. The molecule has 0 spiro atoms. The topological polar surface area (TPSA) is 75.6 Å². The minimum atomic E-state index is -0.951. The van der Waals surface area contributed by atoms with Crippen molar-refractivity contribution in [2.45, 2.75) is 25.6 Å². The number of esters is 1. The number of ether oxygens (including phenoxy) is 1. The van der Waals surface area contributed by atoms with E-state index in [9.17, 15) is 9.59 Å². The second-order valence-electron chi connectivity index (χ2n) is 3.84. The van der Waals surface area contributed by atoms with Gasteiger partial charge in [0.2, 0.25) is 0 Å². The molecule has 1 heterocycles. The molecule has 0 saturated heterocycles. The molecule has 0 saturated carbocycles. The minimum absolute atomic E-state index is 0.418. The predicted octanol–water partition coefficient (Wildman–Crippen LogP) is 1.31. The Labute approximate surface area is 98.4 Å². The zero-order valence-corrected chi connectivity index (χ0v) is 9.34. The van der Waals surface area contributed by atoms with Gasteiger partial charge in [0.15, 0.2) is 6.23 Å². The molecule has 1 aliphatic heterocycles. The largest absolute Gasteiger partial charge is 0.480 e. The van der Waals surface area contributed by atoms with Crippen LogP contribution in [0.3, 0.4) is 0 Å². The number of benzene rings is 1. The average Bonchev–Trinajstić information content (AvgIpc) is 2.63. The first kappa shape index (κ1) is 11.6. The molecule has 0 amide bonds. The van der Waals surface area contributed by atoms with Gasteiger partial charge in [0.1, 0.15) is 6.04 Å². The van der Waals surface area contributed by atoms with Gasteiger partial charge in [-0.1, -0.05) is 25.1 Å². The molecule has 0 bridgehead atoms. The number of carboxylic acids is 1. The number of carboxylic acid groups (broad SMARTS) is 1. The van der Waals surface area contributed by atoms with Crippen molar-refractivity contribution in [3.8, 4) is 0 Å². The van der Waals surface area contributed by atoms with Crippen LogP contribution in [0.2, 0.25) is 0 Å². The van der Waals surface area contributed by atoms with E-state index in [0.717, 1.165) is 0 Å². The third-order valence-corrected chi connectivity index (χ3v) is 2.75. The summed E-state index contributed by atoms with van der Waals surface area (Å²) in [5.74, 6) is -1.37. The Morgan fingerprint density at radius 3 is 2.88 bits per heavy atom. The second kappa shape index (κ2) is 4.55. The third kappa shape index (κ3) is 2.14. The first-order valence-corrected chi connectivity index (χ1v) is 5.42. The summed E-state index contributed by atoms with van der Waals surface area (Å²) in [6.45, 7) is 1.76. The molecule has 1 aromatic rings. The van der Waals surface area contributed by atoms with E-state index >= 15 is 0 Å². The van der Waals surface area contributed by atoms with E-state index in [2.05, 4.69) is 5.32 Å². The van der Waals surface area contributed by atoms with Crippen molar-refractivity contribution >= 4 is 11.9 Å². The number of hydrogen-bond donors (Lipinski definition) is 2. The van der Waals surface area contributed by atoms with Gasteiger partial charge in [-0.05, 0) is 12.5 Å². The molecule has 2 atom stereocenters. The van der Waals surface area contributed by atoms with Crippen molar-refractivity contribution in [3.63, 3.8) is 0 Å². The van der Waals surface area contributed by atoms with Gasteiger partial charge >= 0.3 is 11.9 Å². The van der Waals surface area contributed by atoms with Crippen LogP contribution < -0.4 is 5.32 Å². The summed E-state index contributed by atoms with van der Waals surface area (Å²) in [5, 5.41) is 11.8. The molecular weight excluding hydrogens is 222 g/mol. The van der Waals surface area contributed by atoms with E-state index in [1.165, 1.54) is 0 Å². The molecule has 2 N–H and O–H groups in total. The molecule has 0 fully saturated rings. The molecular formula is C12H13NO4. The van der Waals surface area contributed by atoms with Gasteiger partial charge in [0.05, 0.1) is 5.56 Å². The molecule has 0 radical (unpaired) electrons. The summed E-state index contributed by atoms with van der Waals surface area (Å²) in [7, 11) is 0. The highest BCUT2D eigenvalue weighted by molar-refractivity contribution is 5.94. The van der Waals surface area contributed by atoms with Crippen molar-refractivity contribution < 1.29 is 19.4 Å². The van der Waals surface area contributed by atoms with Crippen LogP contribution in [0, 0.1) is 0 Å². The number of carbonyl (C=O) groups is 2. The monoisotopic (exact) mass is 235 g/mol. The normalized spacial score (nSPS) is 19.6. The number of cyclic esters (lactones) is 1. The van der Waals surface area contributed by atoms with Crippen LogP contribution in [0.5, 0.6) is 0 Å². The van der Waals surface area contributed by atoms with E-state index < -0.39 is 24.2 Å². The Bertz CT molecular complexity index is 458. The highest BCUT2D eigenvalue weighted by atomic mass is 16.6. The fourth-order valence-electron chi connectivity index (χ4n) is 1.82. The van der Waals surface area contributed by atoms with Crippen LogP contribution in [-0.2, 0) is 9.53 Å². The van der Waals surface area contributed by atoms with Crippen molar-refractivity contribution in [2.75, 3.05) is 0 Å². The highest BCUT2D eigenvalue weighted by Gasteiger charge is 2.32. The van der Waals surface area contributed by atoms with E-state index in [1.807, 2.05) is 0 Å². The Morgan fingerprint density at radius 1 is 1.53 bits per heavy atom. The molecule has 0 aliphatic carbocycles. The molecule has 0 aromatic heterocycles. The van der Waals surface area contributed by atoms with E-state index in [0.29, 0.717) is 17.5 Å². The van der Waals surface area contributed by atoms with Gasteiger partial charge in [-0.15, -0.1) is 0 Å². The molecule has 2 unspecified atom stereocenters. The van der Waals surface area contributed by atoms with Gasteiger partial charge in [0.25, 0.3) is 0 Å². The standard InChI is InChI=1S/C12H13NO4/c1-2-9(11(14)15)13-10-7-5-3-4-6-8(7)12(16)17-10/h3-6,9-10,13H,2H2,1H3,(H,14,15). The fraction of sp³-hybridized carbons (Fsp3) is 0.333. The zero-order valence-electron chi connectivity index (χ0n) is 9.34. The first-order chi connectivity index (χ1) is 8.13. The van der Waals surface area contributed by atoms with Gasteiger partial charge in [-0.25, -0.2) is 4.79 Å². The SMILES string of the molecule is CCC(NC1OC(=O)c2ccccc21)C(=O)O. The summed E-state index contributed by atoms with van der Waals surface area (Å²) in [6.07, 6.45) is -0.245. The smallest absolute Gasteiger partial charge is 0.340 e. The third-order valence-electron chi connectivity index (χ3n) is 2.75. The quantitative estimate of drug-likeness (QED) is 0.769. The zero-order chi connectivity index (χ0) is 12.4. The van der Waals surface area contributed by atoms with Crippen molar-refractivity contribution in [3.05, 3.63) is 35.4 Å². The number of fused-ring (bicyclic) bond motifs is 1. The molecule has 5 heteroatoms. The van der Waals surface area contributed by atoms with E-state index in [1.54, 1.807) is 31.2 Å². The number of carbonyl (C=O) groups excluding carboxylic acids is 1. The summed E-state index contributed by atoms with van der Waals surface area (Å²) in [5.41, 5.74) is 1.18. The van der Waals surface area contributed by atoms with Crippen LogP contribution in [-0.4, -0.2) is 23.1 Å². The van der Waals surface area contributed by atoms with E-state index in [4.69, 9.17) is 9.84 Å². The number of rotatable bonds is 4. The van der Waals surface area contributed by atoms with Gasteiger partial charge < -0.3 is 9.84 Å². The van der Waals surface area contributed by atoms with Gasteiger partial charge in [0, 0.05) is 5.56 Å². The maximum absolute atomic E-state index is 11.5. The lowest BCUT2D eigenvalue weighted by molar-refractivity contribution is -0.140. The van der Waals surface area contributed by atoms with Crippen LogP contribution in [0.4, 0.5) is 0 Å². The summed E-state index contributed by atoms with van der Waals surface area (Å²) < 4.78 is 5.10. The maximum atomic E-state index is 11.5. The van der Waals surface area contributed by atoms with Gasteiger partial charge in [-0.2, -0.15) is 0 Å². The Hall–Kier alpha value is -1.88. The van der Waals surface area contributed by atoms with Crippen molar-refractivity contribution in [1.82, 2.24) is 5.32 Å². The van der Waals surface area contributed by atoms with Crippen LogP contribution in [0.25, 0.3) is 0 Å². The average molecular weight is 235 g/mol. The summed E-state index contributed by atoms with van der Waals surface area (Å²) in [4.78, 5) is 22.4. The van der Waals surface area contributed by atoms with Crippen LogP contribution in [0.15, 0.2) is 24.3 Å². The fourth-order valence-corrected chi connectivity index (χ4v) is 1.82. The molecule has 90 valence electrons. The summed E-state index contributed by atoms with van der Waals surface area (Å²) >= 11 is 0. The lowest BCUT2D eigenvalue weighted by Gasteiger charge is -2.17. The first-order valence-electron chi connectivity index (χ1n) is 5.42. The minimum Gasteiger partial charge on any atom is -0.480 e. The summed E-state index contributed by atoms with van der Waals surface area (Å²) in [6, 6.07) is 6.24. The Balaban J connectivity index is 2.20. The molecule has 1 aromatic carbocycles. The number of nitrogens with one attached hydrogen (secondary N) is 1. The number of hydrogen-bond acceptors (Lipinski definition) is 4. The molecule has 2 rings (SSSR count). The van der Waals surface area contributed by atoms with Crippen LogP contribution >= 0.6 is 0 Å². The Kier molecular flexibility index (Phi) is 3.10. The molecule has 1 aliphatic rings. The lowest BCUT2D eigenvalue weighted by atomic mass is 10.1. The van der Waals surface area contributed by atoms with Crippen LogP contribution in [0.1, 0.15) is 35.5 Å². The molecule has 17 heavy (non-hydrogen) atoms. The van der Waals surface area contributed by atoms with Gasteiger partial charge in [-0.3, -0.25) is 10.1 Å². The van der Waals surface area contributed by atoms with Crippen molar-refractivity contribution in [1.29, 1.82) is 0 Å². The molecule has 5 nitrogen and oxygen atoms in total. The van der Waals surface area contributed by atoms with Crippen molar-refractivity contribution in [2.24, 2.45) is 0 Å². The van der Waals surface area contributed by atoms with E-state index in [-0.39, 0.29) is 0 Å².